The smallest absolute Gasteiger partial charge is 0.269 e. The molecule has 0 radical (unpaired) electrons. The molecule has 0 aliphatic rings. The second-order valence-corrected chi connectivity index (χ2v) is 6.41. The van der Waals surface area contributed by atoms with Crippen molar-refractivity contribution < 1.29 is 14.5 Å². The van der Waals surface area contributed by atoms with Gasteiger partial charge in [0.25, 0.3) is 11.6 Å². The predicted molar refractivity (Wildman–Crippen MR) is 108 cm³/mol. The number of rotatable bonds is 6. The van der Waals surface area contributed by atoms with E-state index in [1.165, 1.54) is 29.2 Å². The van der Waals surface area contributed by atoms with Crippen molar-refractivity contribution in [3.05, 3.63) is 99.6 Å². The molecule has 1 amide bonds. The number of aryl methyl sites for hydroxylation is 1. The van der Waals surface area contributed by atoms with Crippen LogP contribution < -0.4 is 9.64 Å². The van der Waals surface area contributed by atoms with E-state index in [0.717, 1.165) is 11.1 Å². The van der Waals surface area contributed by atoms with E-state index in [2.05, 4.69) is 0 Å². The number of nitrogens with zero attached hydrogens (tertiary/aromatic N) is 2. The number of benzene rings is 3. The third-order valence-electron chi connectivity index (χ3n) is 4.34. The maximum absolute atomic E-state index is 12.8. The molecule has 3 rings (SSSR count). The molecule has 28 heavy (non-hydrogen) atoms. The number of nitro groups is 1. The molecule has 6 nitrogen and oxygen atoms in total. The molecule has 0 unspecified atom stereocenters. The number of non-ortho nitro benzene ring substituents is 1. The van der Waals surface area contributed by atoms with E-state index in [9.17, 15) is 14.9 Å². The van der Waals surface area contributed by atoms with Crippen molar-refractivity contribution in [3.63, 3.8) is 0 Å². The quantitative estimate of drug-likeness (QED) is 0.459. The van der Waals surface area contributed by atoms with E-state index in [-0.39, 0.29) is 11.6 Å². The average molecular weight is 376 g/mol. The van der Waals surface area contributed by atoms with Crippen LogP contribution in [0, 0.1) is 17.0 Å². The zero-order valence-electron chi connectivity index (χ0n) is 15.7. The summed E-state index contributed by atoms with van der Waals surface area (Å²) in [5.41, 5.74) is 2.98. The molecule has 0 saturated carbocycles. The van der Waals surface area contributed by atoms with Gasteiger partial charge in [-0.05, 0) is 42.3 Å². The number of carbonyl (C=O) groups is 1. The van der Waals surface area contributed by atoms with Gasteiger partial charge >= 0.3 is 0 Å². The van der Waals surface area contributed by atoms with Gasteiger partial charge in [-0.25, -0.2) is 0 Å². The maximum atomic E-state index is 12.8. The Morgan fingerprint density at radius 1 is 1.04 bits per heavy atom. The van der Waals surface area contributed by atoms with Crippen LogP contribution in [0.5, 0.6) is 5.75 Å². The maximum Gasteiger partial charge on any atom is 0.269 e. The van der Waals surface area contributed by atoms with Crippen LogP contribution in [0.1, 0.15) is 21.5 Å². The first-order valence-electron chi connectivity index (χ1n) is 8.75. The molecule has 0 N–H and O–H groups in total. The second-order valence-electron chi connectivity index (χ2n) is 6.41. The SMILES string of the molecule is Cc1ccc(N(C)C(=O)c2ccc([N+](=O)[O-])cc2)c(OCc2ccccc2)c1. The Bertz CT molecular complexity index is 985. The lowest BCUT2D eigenvalue weighted by atomic mass is 10.1. The summed E-state index contributed by atoms with van der Waals surface area (Å²) in [5, 5.41) is 10.8. The molecule has 0 atom stereocenters. The van der Waals surface area contributed by atoms with Crippen LogP contribution in [-0.4, -0.2) is 17.9 Å². The molecule has 0 aliphatic carbocycles. The Labute approximate surface area is 163 Å². The molecular formula is C22H20N2O4. The number of hydrogen-bond donors (Lipinski definition) is 0. The van der Waals surface area contributed by atoms with Crippen molar-refractivity contribution in [3.8, 4) is 5.75 Å². The van der Waals surface area contributed by atoms with E-state index in [1.54, 1.807) is 7.05 Å². The van der Waals surface area contributed by atoms with E-state index < -0.39 is 4.92 Å². The van der Waals surface area contributed by atoms with Gasteiger partial charge < -0.3 is 9.64 Å². The third-order valence-corrected chi connectivity index (χ3v) is 4.34. The average Bonchev–Trinajstić information content (AvgIpc) is 2.72. The number of carbonyl (C=O) groups excluding carboxylic acids is 1. The molecule has 0 fully saturated rings. The number of anilines is 1. The Morgan fingerprint density at radius 3 is 2.36 bits per heavy atom. The van der Waals surface area contributed by atoms with Crippen LogP contribution in [0.25, 0.3) is 0 Å². The summed E-state index contributed by atoms with van der Waals surface area (Å²) in [6.07, 6.45) is 0. The first kappa shape index (κ1) is 19.1. The molecule has 3 aromatic rings. The van der Waals surface area contributed by atoms with Crippen molar-refractivity contribution in [1.29, 1.82) is 0 Å². The van der Waals surface area contributed by atoms with Gasteiger partial charge in [-0.2, -0.15) is 0 Å². The van der Waals surface area contributed by atoms with E-state index >= 15 is 0 Å². The molecular weight excluding hydrogens is 356 g/mol. The van der Waals surface area contributed by atoms with Crippen LogP contribution in [0.2, 0.25) is 0 Å². The van der Waals surface area contributed by atoms with Gasteiger partial charge in [0, 0.05) is 24.7 Å². The minimum absolute atomic E-state index is 0.0542. The molecule has 3 aromatic carbocycles. The summed E-state index contributed by atoms with van der Waals surface area (Å²) in [4.78, 5) is 24.6. The highest BCUT2D eigenvalue weighted by Gasteiger charge is 2.18. The highest BCUT2D eigenvalue weighted by molar-refractivity contribution is 6.06. The molecule has 0 bridgehead atoms. The Balaban J connectivity index is 1.83. The summed E-state index contributed by atoms with van der Waals surface area (Å²) in [7, 11) is 1.66. The topological polar surface area (TPSA) is 72.7 Å². The monoisotopic (exact) mass is 376 g/mol. The Hall–Kier alpha value is -3.67. The molecule has 142 valence electrons. The fourth-order valence-electron chi connectivity index (χ4n) is 2.78. The summed E-state index contributed by atoms with van der Waals surface area (Å²) in [5.74, 6) is 0.324. The van der Waals surface area contributed by atoms with Crippen LogP contribution in [0.15, 0.2) is 72.8 Å². The number of nitro benzene ring substituents is 1. The lowest BCUT2D eigenvalue weighted by molar-refractivity contribution is -0.384. The van der Waals surface area contributed by atoms with Crippen molar-refractivity contribution in [2.45, 2.75) is 13.5 Å². The second kappa shape index (κ2) is 8.35. The molecule has 0 spiro atoms. The normalized spacial score (nSPS) is 10.4. The number of amides is 1. The lowest BCUT2D eigenvalue weighted by Gasteiger charge is -2.21. The number of ether oxygens (including phenoxy) is 1. The molecule has 0 aromatic heterocycles. The summed E-state index contributed by atoms with van der Waals surface area (Å²) < 4.78 is 5.98. The van der Waals surface area contributed by atoms with Gasteiger partial charge in [-0.1, -0.05) is 36.4 Å². The van der Waals surface area contributed by atoms with Crippen molar-refractivity contribution in [2.24, 2.45) is 0 Å². The minimum atomic E-state index is -0.493. The van der Waals surface area contributed by atoms with Gasteiger partial charge in [0.2, 0.25) is 0 Å². The van der Waals surface area contributed by atoms with Crippen LogP contribution >= 0.6 is 0 Å². The fraction of sp³-hybridized carbons (Fsp3) is 0.136. The fourth-order valence-corrected chi connectivity index (χ4v) is 2.78. The largest absolute Gasteiger partial charge is 0.487 e. The first-order valence-corrected chi connectivity index (χ1v) is 8.75. The predicted octanol–water partition coefficient (Wildman–Crippen LogP) is 4.76. The highest BCUT2D eigenvalue weighted by atomic mass is 16.6. The molecule has 6 heteroatoms. The number of hydrogen-bond acceptors (Lipinski definition) is 4. The highest BCUT2D eigenvalue weighted by Crippen LogP contribution is 2.30. The van der Waals surface area contributed by atoms with Gasteiger partial charge in [0.05, 0.1) is 10.6 Å². The van der Waals surface area contributed by atoms with Crippen LogP contribution in [0.3, 0.4) is 0 Å². The Morgan fingerprint density at radius 2 is 1.71 bits per heavy atom. The van der Waals surface area contributed by atoms with Crippen LogP contribution in [0.4, 0.5) is 11.4 Å². The summed E-state index contributed by atoms with van der Waals surface area (Å²) in [6.45, 7) is 2.34. The van der Waals surface area contributed by atoms with Crippen molar-refractivity contribution >= 4 is 17.3 Å². The molecule has 0 aliphatic heterocycles. The Kier molecular flexibility index (Phi) is 5.69. The standard InChI is InChI=1S/C22H20N2O4/c1-16-8-13-20(21(14-16)28-15-17-6-4-3-5-7-17)23(2)22(25)18-9-11-19(12-10-18)24(26)27/h3-14H,15H2,1-2H3. The molecule has 0 saturated heterocycles. The van der Waals surface area contributed by atoms with Crippen LogP contribution in [-0.2, 0) is 6.61 Å². The van der Waals surface area contributed by atoms with Gasteiger partial charge in [-0.15, -0.1) is 0 Å². The van der Waals surface area contributed by atoms with Gasteiger partial charge in [0.1, 0.15) is 12.4 Å². The molecule has 0 heterocycles. The van der Waals surface area contributed by atoms with E-state index in [0.29, 0.717) is 23.6 Å². The van der Waals surface area contributed by atoms with E-state index in [4.69, 9.17) is 4.74 Å². The van der Waals surface area contributed by atoms with Crippen molar-refractivity contribution in [2.75, 3.05) is 11.9 Å². The zero-order chi connectivity index (χ0) is 20.1. The summed E-state index contributed by atoms with van der Waals surface area (Å²) in [6, 6.07) is 21.0. The third kappa shape index (κ3) is 4.35. The lowest BCUT2D eigenvalue weighted by Crippen LogP contribution is -2.26. The zero-order valence-corrected chi connectivity index (χ0v) is 15.7. The van der Waals surface area contributed by atoms with Gasteiger partial charge in [0.15, 0.2) is 0 Å². The minimum Gasteiger partial charge on any atom is -0.487 e. The van der Waals surface area contributed by atoms with E-state index in [1.807, 2.05) is 55.5 Å². The first-order chi connectivity index (χ1) is 13.5. The van der Waals surface area contributed by atoms with Crippen molar-refractivity contribution in [1.82, 2.24) is 0 Å². The summed E-state index contributed by atoms with van der Waals surface area (Å²) >= 11 is 0. The van der Waals surface area contributed by atoms with Gasteiger partial charge in [-0.3, -0.25) is 14.9 Å².